The van der Waals surface area contributed by atoms with Gasteiger partial charge in [0.15, 0.2) is 5.56 Å². The van der Waals surface area contributed by atoms with Crippen LogP contribution in [0, 0.1) is 10.1 Å². The molecule has 11 heteroatoms. The van der Waals surface area contributed by atoms with Crippen LogP contribution in [0.1, 0.15) is 10.4 Å². The zero-order valence-corrected chi connectivity index (χ0v) is 9.11. The van der Waals surface area contributed by atoms with Crippen molar-refractivity contribution in [3.63, 3.8) is 0 Å². The van der Waals surface area contributed by atoms with Gasteiger partial charge in [0, 0.05) is 6.07 Å². The molecular formula is C8H5F3N2O6. The molecule has 1 heterocycles. The van der Waals surface area contributed by atoms with Gasteiger partial charge in [-0.1, -0.05) is 0 Å². The summed E-state index contributed by atoms with van der Waals surface area (Å²) in [6.45, 7) is 0. The van der Waals surface area contributed by atoms with E-state index in [0.717, 1.165) is 7.11 Å². The van der Waals surface area contributed by atoms with Gasteiger partial charge in [0.2, 0.25) is 5.75 Å². The lowest BCUT2D eigenvalue weighted by Gasteiger charge is -2.09. The van der Waals surface area contributed by atoms with Crippen molar-refractivity contribution in [3.05, 3.63) is 32.1 Å². The Morgan fingerprint density at radius 2 is 2.05 bits per heavy atom. The van der Waals surface area contributed by atoms with Crippen LogP contribution in [0.5, 0.6) is 5.75 Å². The Labute approximate surface area is 101 Å². The number of aromatic amines is 1. The molecule has 0 aliphatic carbocycles. The molecule has 0 aromatic carbocycles. The molecule has 1 aromatic heterocycles. The van der Waals surface area contributed by atoms with Gasteiger partial charge in [0.1, 0.15) is 0 Å². The minimum Gasteiger partial charge on any atom is -0.465 e. The third kappa shape index (κ3) is 3.43. The molecule has 0 saturated heterocycles. The molecule has 0 aliphatic rings. The van der Waals surface area contributed by atoms with Gasteiger partial charge < -0.3 is 19.6 Å². The number of nitrogens with one attached hydrogen (secondary N) is 1. The molecule has 0 spiro atoms. The second-order valence-corrected chi connectivity index (χ2v) is 3.02. The van der Waals surface area contributed by atoms with Crippen LogP contribution in [0.25, 0.3) is 0 Å². The number of pyridine rings is 1. The number of ether oxygens (including phenoxy) is 2. The predicted octanol–water partition coefficient (Wildman–Crippen LogP) is 0.968. The highest BCUT2D eigenvalue weighted by atomic mass is 19.4. The quantitative estimate of drug-likeness (QED) is 0.502. The molecule has 0 aliphatic heterocycles. The second-order valence-electron chi connectivity index (χ2n) is 3.02. The Balaban J connectivity index is 3.44. The third-order valence-corrected chi connectivity index (χ3v) is 1.80. The summed E-state index contributed by atoms with van der Waals surface area (Å²) < 4.78 is 43.6. The van der Waals surface area contributed by atoms with Crippen LogP contribution in [-0.2, 0) is 4.74 Å². The van der Waals surface area contributed by atoms with Crippen LogP contribution < -0.4 is 10.3 Å². The van der Waals surface area contributed by atoms with Gasteiger partial charge in [-0.2, -0.15) is 4.98 Å². The first-order chi connectivity index (χ1) is 8.65. The summed E-state index contributed by atoms with van der Waals surface area (Å²) >= 11 is 0. The lowest BCUT2D eigenvalue weighted by atomic mass is 10.2. The fourth-order valence-corrected chi connectivity index (χ4v) is 1.10. The number of carbonyl (C=O) groups excluding carboxylic acids is 1. The van der Waals surface area contributed by atoms with Crippen LogP contribution in [0.3, 0.4) is 0 Å². The number of rotatable bonds is 3. The van der Waals surface area contributed by atoms with Gasteiger partial charge in [-0.25, -0.2) is 9.59 Å². The molecule has 0 bridgehead atoms. The van der Waals surface area contributed by atoms with Crippen molar-refractivity contribution in [1.29, 1.82) is 0 Å². The standard InChI is InChI=1S/C8H5F3N2O6/c1-18-7(15)3-2-4(19-8(9,10)11)5(13(16)17)12-6(3)14/h2H,1H3,(H,12,14). The van der Waals surface area contributed by atoms with Crippen molar-refractivity contribution in [3.8, 4) is 5.75 Å². The number of halogens is 3. The highest BCUT2D eigenvalue weighted by Crippen LogP contribution is 2.29. The second kappa shape index (κ2) is 4.96. The molecule has 8 nitrogen and oxygen atoms in total. The number of hydrogen-bond donors (Lipinski definition) is 1. The normalized spacial score (nSPS) is 10.9. The zero-order chi connectivity index (χ0) is 14.8. The van der Waals surface area contributed by atoms with E-state index in [1.165, 1.54) is 4.98 Å². The van der Waals surface area contributed by atoms with Crippen LogP contribution in [0.4, 0.5) is 19.0 Å². The third-order valence-electron chi connectivity index (χ3n) is 1.80. The Morgan fingerprint density at radius 3 is 2.47 bits per heavy atom. The van der Waals surface area contributed by atoms with Crippen molar-refractivity contribution in [2.75, 3.05) is 7.11 Å². The number of alkyl halides is 3. The molecule has 0 amide bonds. The van der Waals surface area contributed by atoms with E-state index in [9.17, 15) is 32.9 Å². The van der Waals surface area contributed by atoms with Crippen molar-refractivity contribution >= 4 is 11.8 Å². The summed E-state index contributed by atoms with van der Waals surface area (Å²) in [5.41, 5.74) is -2.12. The molecular weight excluding hydrogens is 277 g/mol. The molecule has 104 valence electrons. The number of nitro groups is 1. The summed E-state index contributed by atoms with van der Waals surface area (Å²) in [6.07, 6.45) is -5.23. The van der Waals surface area contributed by atoms with Crippen molar-refractivity contribution in [2.24, 2.45) is 0 Å². The average Bonchev–Trinajstić information content (AvgIpc) is 2.27. The molecule has 0 fully saturated rings. The molecule has 0 atom stereocenters. The molecule has 19 heavy (non-hydrogen) atoms. The number of H-pyrrole nitrogens is 1. The Morgan fingerprint density at radius 1 is 1.47 bits per heavy atom. The summed E-state index contributed by atoms with van der Waals surface area (Å²) in [5, 5.41) is 10.5. The monoisotopic (exact) mass is 282 g/mol. The highest BCUT2D eigenvalue weighted by molar-refractivity contribution is 5.89. The Kier molecular flexibility index (Phi) is 3.77. The van der Waals surface area contributed by atoms with E-state index in [0.29, 0.717) is 0 Å². The van der Waals surface area contributed by atoms with E-state index in [1.54, 1.807) is 0 Å². The number of aromatic nitrogens is 1. The first-order valence-corrected chi connectivity index (χ1v) is 4.41. The Bertz CT molecular complexity index is 579. The van der Waals surface area contributed by atoms with Crippen LogP contribution in [-0.4, -0.2) is 29.3 Å². The lowest BCUT2D eigenvalue weighted by molar-refractivity contribution is -0.393. The van der Waals surface area contributed by atoms with E-state index in [1.807, 2.05) is 0 Å². The predicted molar refractivity (Wildman–Crippen MR) is 51.7 cm³/mol. The summed E-state index contributed by atoms with van der Waals surface area (Å²) in [6, 6.07) is 0.288. The highest BCUT2D eigenvalue weighted by Gasteiger charge is 2.35. The minimum absolute atomic E-state index is 0.288. The Hall–Kier alpha value is -2.59. The fourth-order valence-electron chi connectivity index (χ4n) is 1.10. The maximum absolute atomic E-state index is 12.0. The van der Waals surface area contributed by atoms with Crippen LogP contribution in [0.2, 0.25) is 0 Å². The zero-order valence-electron chi connectivity index (χ0n) is 9.11. The molecule has 0 unspecified atom stereocenters. The maximum atomic E-state index is 12.0. The van der Waals surface area contributed by atoms with Crippen LogP contribution >= 0.6 is 0 Å². The minimum atomic E-state index is -5.23. The van der Waals surface area contributed by atoms with Gasteiger partial charge in [0.05, 0.1) is 7.11 Å². The molecule has 1 aromatic rings. The topological polar surface area (TPSA) is 112 Å². The van der Waals surface area contributed by atoms with Gasteiger partial charge in [-0.15, -0.1) is 13.2 Å². The summed E-state index contributed by atoms with van der Waals surface area (Å²) in [4.78, 5) is 33.0. The molecule has 0 radical (unpaired) electrons. The van der Waals surface area contributed by atoms with Crippen molar-refractivity contribution in [2.45, 2.75) is 6.36 Å². The summed E-state index contributed by atoms with van der Waals surface area (Å²) in [5.74, 6) is -3.91. The molecule has 1 N–H and O–H groups in total. The number of methoxy groups -OCH3 is 1. The lowest BCUT2D eigenvalue weighted by Crippen LogP contribution is -2.23. The van der Waals surface area contributed by atoms with E-state index in [-0.39, 0.29) is 6.07 Å². The van der Waals surface area contributed by atoms with E-state index in [2.05, 4.69) is 9.47 Å². The van der Waals surface area contributed by atoms with E-state index < -0.39 is 39.9 Å². The first kappa shape index (κ1) is 14.5. The van der Waals surface area contributed by atoms with Gasteiger partial charge in [-0.05, 0) is 4.92 Å². The number of nitrogens with zero attached hydrogens (tertiary/aromatic N) is 1. The number of hydrogen-bond acceptors (Lipinski definition) is 6. The van der Waals surface area contributed by atoms with Crippen LogP contribution in [0.15, 0.2) is 10.9 Å². The molecule has 1 rings (SSSR count). The SMILES string of the molecule is COC(=O)c1cc(OC(F)(F)F)c([N+](=O)[O-])[nH]c1=O. The largest absolute Gasteiger partial charge is 0.573 e. The number of carbonyl (C=O) groups is 1. The smallest absolute Gasteiger partial charge is 0.465 e. The summed E-state index contributed by atoms with van der Waals surface area (Å²) in [7, 11) is 0.882. The average molecular weight is 282 g/mol. The maximum Gasteiger partial charge on any atom is 0.573 e. The first-order valence-electron chi connectivity index (χ1n) is 4.41. The van der Waals surface area contributed by atoms with Gasteiger partial charge in [-0.3, -0.25) is 0 Å². The van der Waals surface area contributed by atoms with Crippen molar-refractivity contribution < 1.29 is 32.4 Å². The van der Waals surface area contributed by atoms with Gasteiger partial charge >= 0.3 is 23.7 Å². The molecule has 0 saturated carbocycles. The van der Waals surface area contributed by atoms with E-state index in [4.69, 9.17) is 0 Å². The fraction of sp³-hybridized carbons (Fsp3) is 0.250. The van der Waals surface area contributed by atoms with E-state index >= 15 is 0 Å². The van der Waals surface area contributed by atoms with Crippen molar-refractivity contribution in [1.82, 2.24) is 4.98 Å². The number of esters is 1. The van der Waals surface area contributed by atoms with Gasteiger partial charge in [0.25, 0.3) is 0 Å².